The van der Waals surface area contributed by atoms with E-state index in [1.807, 2.05) is 0 Å². The summed E-state index contributed by atoms with van der Waals surface area (Å²) in [6.07, 6.45) is 0.699. The molecule has 24 heavy (non-hydrogen) atoms. The molecule has 2 atom stereocenters. The lowest BCUT2D eigenvalue weighted by Crippen LogP contribution is -2.32. The second-order valence-corrected chi connectivity index (χ2v) is 4.87. The number of carbonyl (C=O) groups excluding carboxylic acids is 2. The average molecular weight is 348 g/mol. The summed E-state index contributed by atoms with van der Waals surface area (Å²) < 4.78 is 0. The van der Waals surface area contributed by atoms with Crippen LogP contribution in [-0.4, -0.2) is 59.1 Å². The maximum atomic E-state index is 10.8. The Balaban J connectivity index is 0. The van der Waals surface area contributed by atoms with Crippen molar-refractivity contribution < 1.29 is 29.4 Å². The van der Waals surface area contributed by atoms with Crippen LogP contribution in [0.1, 0.15) is 39.5 Å². The normalized spacial score (nSPS) is 12.2. The van der Waals surface area contributed by atoms with Crippen molar-refractivity contribution in [3.63, 3.8) is 0 Å². The summed E-state index contributed by atoms with van der Waals surface area (Å²) in [7, 11) is 0. The van der Waals surface area contributed by atoms with Gasteiger partial charge in [-0.1, -0.05) is 0 Å². The molecule has 0 radical (unpaired) electrons. The molecule has 8 N–H and O–H groups in total. The van der Waals surface area contributed by atoms with Crippen molar-refractivity contribution in [1.29, 1.82) is 0 Å². The SMILES string of the molecule is CCNC(=O)CC[C@H](N)C(=O)O.CCNC(=O)CC[C@H](N)C(=O)O. The third kappa shape index (κ3) is 14.7. The first-order chi connectivity index (χ1) is 11.1. The number of nitrogens with two attached hydrogens (primary N) is 2. The van der Waals surface area contributed by atoms with E-state index in [1.165, 1.54) is 0 Å². The van der Waals surface area contributed by atoms with Crippen molar-refractivity contribution in [2.45, 2.75) is 51.6 Å². The largest absolute Gasteiger partial charge is 0.480 e. The van der Waals surface area contributed by atoms with Crippen LogP contribution in [0.3, 0.4) is 0 Å². The minimum atomic E-state index is -1.07. The molecule has 0 saturated carbocycles. The smallest absolute Gasteiger partial charge is 0.320 e. The average Bonchev–Trinajstić information content (AvgIpc) is 2.51. The van der Waals surface area contributed by atoms with Gasteiger partial charge in [0.15, 0.2) is 0 Å². The molecule has 0 aliphatic heterocycles. The van der Waals surface area contributed by atoms with Gasteiger partial charge in [-0.15, -0.1) is 0 Å². The maximum Gasteiger partial charge on any atom is 0.320 e. The molecule has 0 saturated heterocycles. The van der Waals surface area contributed by atoms with Gasteiger partial charge in [-0.05, 0) is 26.7 Å². The molecule has 2 amide bonds. The minimum absolute atomic E-state index is 0.158. The first-order valence-electron chi connectivity index (χ1n) is 7.65. The van der Waals surface area contributed by atoms with Gasteiger partial charge in [-0.2, -0.15) is 0 Å². The summed E-state index contributed by atoms with van der Waals surface area (Å²) in [4.78, 5) is 42.0. The Kier molecular flexibility index (Phi) is 14.4. The minimum Gasteiger partial charge on any atom is -0.480 e. The molecule has 10 nitrogen and oxygen atoms in total. The number of carboxylic acid groups (broad SMARTS) is 2. The van der Waals surface area contributed by atoms with Gasteiger partial charge in [0.25, 0.3) is 0 Å². The molecule has 0 aromatic carbocycles. The fourth-order valence-electron chi connectivity index (χ4n) is 1.39. The van der Waals surface area contributed by atoms with Gasteiger partial charge in [0, 0.05) is 25.9 Å². The first-order valence-corrected chi connectivity index (χ1v) is 7.65. The van der Waals surface area contributed by atoms with Crippen molar-refractivity contribution in [3.05, 3.63) is 0 Å². The topological polar surface area (TPSA) is 185 Å². The summed E-state index contributed by atoms with van der Waals surface area (Å²) in [6.45, 7) is 4.71. The van der Waals surface area contributed by atoms with Crippen LogP contribution in [0.2, 0.25) is 0 Å². The number of hydrogen-bond donors (Lipinski definition) is 6. The summed E-state index contributed by atoms with van der Waals surface area (Å²) in [5, 5.41) is 21.8. The predicted molar refractivity (Wildman–Crippen MR) is 87.1 cm³/mol. The number of carbonyl (C=O) groups is 4. The van der Waals surface area contributed by atoms with Crippen molar-refractivity contribution in [1.82, 2.24) is 10.6 Å². The van der Waals surface area contributed by atoms with E-state index in [1.54, 1.807) is 13.8 Å². The summed E-state index contributed by atoms with van der Waals surface area (Å²) >= 11 is 0. The van der Waals surface area contributed by atoms with Gasteiger partial charge >= 0.3 is 11.9 Å². The molecule has 0 aliphatic rings. The van der Waals surface area contributed by atoms with Gasteiger partial charge in [0.2, 0.25) is 11.8 Å². The highest BCUT2D eigenvalue weighted by molar-refractivity contribution is 5.78. The van der Waals surface area contributed by atoms with E-state index in [2.05, 4.69) is 10.6 Å². The van der Waals surface area contributed by atoms with Crippen LogP contribution in [0.5, 0.6) is 0 Å². The van der Waals surface area contributed by atoms with Gasteiger partial charge in [-0.25, -0.2) is 0 Å². The molecular formula is C14H28N4O6. The Labute approximate surface area is 141 Å². The van der Waals surface area contributed by atoms with Crippen LogP contribution in [0.4, 0.5) is 0 Å². The summed E-state index contributed by atoms with van der Waals surface area (Å²) in [6, 6.07) is -1.87. The molecule has 10 heteroatoms. The van der Waals surface area contributed by atoms with Crippen molar-refractivity contribution in [3.8, 4) is 0 Å². The van der Waals surface area contributed by atoms with Crippen LogP contribution in [0.25, 0.3) is 0 Å². The van der Waals surface area contributed by atoms with E-state index < -0.39 is 24.0 Å². The monoisotopic (exact) mass is 348 g/mol. The lowest BCUT2D eigenvalue weighted by atomic mass is 10.1. The van der Waals surface area contributed by atoms with E-state index in [0.29, 0.717) is 13.1 Å². The highest BCUT2D eigenvalue weighted by Gasteiger charge is 2.13. The Morgan fingerprint density at radius 1 is 0.792 bits per heavy atom. The second-order valence-electron chi connectivity index (χ2n) is 4.87. The number of amides is 2. The second kappa shape index (κ2) is 14.4. The van der Waals surface area contributed by atoms with Crippen LogP contribution in [-0.2, 0) is 19.2 Å². The Morgan fingerprint density at radius 2 is 1.08 bits per heavy atom. The summed E-state index contributed by atoms with van der Waals surface area (Å²) in [5.41, 5.74) is 10.4. The predicted octanol–water partition coefficient (Wildman–Crippen LogP) is -1.37. The molecule has 0 unspecified atom stereocenters. The molecule has 140 valence electrons. The van der Waals surface area contributed by atoms with E-state index >= 15 is 0 Å². The van der Waals surface area contributed by atoms with Crippen LogP contribution < -0.4 is 22.1 Å². The molecule has 0 fully saturated rings. The fraction of sp³-hybridized carbons (Fsp3) is 0.714. The third-order valence-corrected chi connectivity index (χ3v) is 2.75. The molecule has 0 heterocycles. The molecule has 0 bridgehead atoms. The lowest BCUT2D eigenvalue weighted by Gasteiger charge is -2.05. The lowest BCUT2D eigenvalue weighted by molar-refractivity contribution is -0.139. The van der Waals surface area contributed by atoms with Gasteiger partial charge in [-0.3, -0.25) is 19.2 Å². The zero-order valence-corrected chi connectivity index (χ0v) is 14.1. The van der Waals surface area contributed by atoms with E-state index in [4.69, 9.17) is 21.7 Å². The van der Waals surface area contributed by atoms with Gasteiger partial charge in [0.05, 0.1) is 0 Å². The Bertz CT molecular complexity index is 378. The highest BCUT2D eigenvalue weighted by atomic mass is 16.4. The Hall–Kier alpha value is -2.20. The molecule has 0 rings (SSSR count). The quantitative estimate of drug-likeness (QED) is 0.279. The van der Waals surface area contributed by atoms with E-state index in [-0.39, 0.29) is 37.5 Å². The standard InChI is InChI=1S/2C7H14N2O3/c2*1-2-9-6(10)4-3-5(8)7(11)12/h2*5H,2-4,8H2,1H3,(H,9,10)(H,11,12)/t2*5-/m00/s1. The van der Waals surface area contributed by atoms with Gasteiger partial charge in [0.1, 0.15) is 12.1 Å². The molecule has 0 aliphatic carbocycles. The van der Waals surface area contributed by atoms with Crippen molar-refractivity contribution in [2.24, 2.45) is 11.5 Å². The van der Waals surface area contributed by atoms with Crippen LogP contribution in [0, 0.1) is 0 Å². The Morgan fingerprint density at radius 3 is 1.29 bits per heavy atom. The summed E-state index contributed by atoms with van der Waals surface area (Å²) in [5.74, 6) is -2.46. The van der Waals surface area contributed by atoms with E-state index in [9.17, 15) is 19.2 Å². The number of aliphatic carboxylic acids is 2. The molecule has 0 aromatic rings. The number of nitrogens with one attached hydrogen (secondary N) is 2. The van der Waals surface area contributed by atoms with Crippen LogP contribution >= 0.6 is 0 Å². The maximum absolute atomic E-state index is 10.8. The van der Waals surface area contributed by atoms with Crippen LogP contribution in [0.15, 0.2) is 0 Å². The zero-order chi connectivity index (χ0) is 19.1. The molecule has 0 spiro atoms. The van der Waals surface area contributed by atoms with Gasteiger partial charge < -0.3 is 32.3 Å². The highest BCUT2D eigenvalue weighted by Crippen LogP contribution is 1.94. The number of hydrogen-bond acceptors (Lipinski definition) is 6. The van der Waals surface area contributed by atoms with Crippen molar-refractivity contribution in [2.75, 3.05) is 13.1 Å². The first kappa shape index (κ1) is 24.1. The fourth-order valence-corrected chi connectivity index (χ4v) is 1.39. The molecular weight excluding hydrogens is 320 g/mol. The zero-order valence-electron chi connectivity index (χ0n) is 14.1. The molecule has 0 aromatic heterocycles. The van der Waals surface area contributed by atoms with Crippen molar-refractivity contribution >= 4 is 23.8 Å². The number of rotatable bonds is 10. The number of carboxylic acids is 2. The van der Waals surface area contributed by atoms with E-state index in [0.717, 1.165) is 0 Å². The third-order valence-electron chi connectivity index (χ3n) is 2.75.